The average Bonchev–Trinajstić information content (AvgIpc) is 3.68. The van der Waals surface area contributed by atoms with Crippen LogP contribution in [0.15, 0.2) is 59.3 Å². The number of aromatic carboxylic acids is 1. The first kappa shape index (κ1) is 31.1. The molecule has 12 heteroatoms. The number of anilines is 2. The molecule has 4 heterocycles. The smallest absolute Gasteiger partial charge is 0.335 e. The van der Waals surface area contributed by atoms with Crippen molar-refractivity contribution >= 4 is 88.2 Å². The number of carboxylic acids is 1. The normalized spacial score (nSPS) is 11.4. The highest BCUT2D eigenvalue weighted by Gasteiger charge is 2.13. The number of pyridine rings is 2. The summed E-state index contributed by atoms with van der Waals surface area (Å²) < 4.78 is 2.31. The van der Waals surface area contributed by atoms with Crippen LogP contribution in [0, 0.1) is 0 Å². The van der Waals surface area contributed by atoms with Crippen LogP contribution < -0.4 is 16.4 Å². The van der Waals surface area contributed by atoms with Gasteiger partial charge < -0.3 is 31.3 Å². The minimum absolute atomic E-state index is 0.259. The van der Waals surface area contributed by atoms with Crippen LogP contribution in [-0.4, -0.2) is 91.1 Å². The standard InChI is InChI=1S/C16H18N4OS.C16H17N3O2S/c1-20(2)7-6-18-16-12-5-8-22-14(12)11-4-3-10(15(17)21)9-13(11)19-16;1-19(2)7-6-17-15-12-5-8-22-14(12)11-4-3-10(16(20)21)9-13(11)18-15/h3-5,8-9H,6-7H2,1-2H3,(H2,17,21)(H,18,19);3-5,8-9H,6-7H2,1-2H3,(H,17,18)(H,20,21). The van der Waals surface area contributed by atoms with E-state index in [2.05, 4.69) is 47.9 Å². The monoisotopic (exact) mass is 629 g/mol. The van der Waals surface area contributed by atoms with Crippen molar-refractivity contribution in [3.8, 4) is 0 Å². The predicted octanol–water partition coefficient (Wildman–Crippen LogP) is 5.64. The van der Waals surface area contributed by atoms with E-state index in [0.717, 1.165) is 69.6 Å². The number of carboxylic acid groups (broad SMARTS) is 1. The molecule has 10 nitrogen and oxygen atoms in total. The van der Waals surface area contributed by atoms with Crippen LogP contribution in [0.25, 0.3) is 42.0 Å². The Bertz CT molecular complexity index is 1820. The number of likely N-dealkylation sites (N-methyl/N-ethyl adjacent to an activating group) is 2. The van der Waals surface area contributed by atoms with Crippen LogP contribution in [-0.2, 0) is 0 Å². The van der Waals surface area contributed by atoms with Crippen LogP contribution in [0.1, 0.15) is 20.7 Å². The van der Waals surface area contributed by atoms with Crippen molar-refractivity contribution in [3.05, 3.63) is 70.4 Å². The number of nitrogens with zero attached hydrogens (tertiary/aromatic N) is 4. The summed E-state index contributed by atoms with van der Waals surface area (Å²) in [5, 5.41) is 24.2. The van der Waals surface area contributed by atoms with E-state index in [1.165, 1.54) is 4.70 Å². The lowest BCUT2D eigenvalue weighted by Crippen LogP contribution is -2.21. The van der Waals surface area contributed by atoms with Crippen LogP contribution >= 0.6 is 22.7 Å². The summed E-state index contributed by atoms with van der Waals surface area (Å²) in [6, 6.07) is 14.7. The van der Waals surface area contributed by atoms with Gasteiger partial charge in [0.2, 0.25) is 5.91 Å². The number of hydrogen-bond acceptors (Lipinski definition) is 10. The third-order valence-corrected chi connectivity index (χ3v) is 8.92. The second kappa shape index (κ2) is 13.5. The zero-order chi connectivity index (χ0) is 31.4. The molecule has 0 spiro atoms. The molecule has 0 aliphatic rings. The van der Waals surface area contributed by atoms with E-state index in [0.29, 0.717) is 11.1 Å². The van der Waals surface area contributed by atoms with Gasteiger partial charge in [0.15, 0.2) is 0 Å². The average molecular weight is 630 g/mol. The molecule has 0 unspecified atom stereocenters. The number of nitrogens with two attached hydrogens (primary N) is 1. The van der Waals surface area contributed by atoms with Gasteiger partial charge in [-0.25, -0.2) is 14.8 Å². The van der Waals surface area contributed by atoms with Crippen molar-refractivity contribution in [3.63, 3.8) is 0 Å². The molecule has 0 atom stereocenters. The minimum Gasteiger partial charge on any atom is -0.478 e. The molecular weight excluding hydrogens is 595 g/mol. The number of benzene rings is 2. The Morgan fingerprint density at radius 1 is 0.727 bits per heavy atom. The maximum Gasteiger partial charge on any atom is 0.335 e. The van der Waals surface area contributed by atoms with Crippen LogP contribution in [0.5, 0.6) is 0 Å². The molecule has 0 aliphatic heterocycles. The van der Waals surface area contributed by atoms with Crippen molar-refractivity contribution in [1.29, 1.82) is 0 Å². The highest BCUT2D eigenvalue weighted by atomic mass is 32.1. The van der Waals surface area contributed by atoms with Crippen LogP contribution in [0.2, 0.25) is 0 Å². The molecule has 0 aliphatic carbocycles. The Kier molecular flexibility index (Phi) is 9.55. The fourth-order valence-corrected chi connectivity index (χ4v) is 6.62. The lowest BCUT2D eigenvalue weighted by Gasteiger charge is -2.12. The Labute approximate surface area is 263 Å². The van der Waals surface area contributed by atoms with Crippen molar-refractivity contribution in [2.75, 3.05) is 65.0 Å². The molecule has 1 amide bonds. The maximum absolute atomic E-state index is 11.4. The van der Waals surface area contributed by atoms with Crippen LogP contribution in [0.3, 0.4) is 0 Å². The molecule has 4 aromatic heterocycles. The van der Waals surface area contributed by atoms with Gasteiger partial charge in [-0.2, -0.15) is 0 Å². The zero-order valence-corrected chi connectivity index (χ0v) is 26.7. The van der Waals surface area contributed by atoms with Gasteiger partial charge in [0.05, 0.1) is 16.6 Å². The maximum atomic E-state index is 11.4. The number of nitrogens with one attached hydrogen (secondary N) is 2. The number of primary amides is 1. The summed E-state index contributed by atoms with van der Waals surface area (Å²) in [7, 11) is 8.12. The number of thiophene rings is 2. The number of hydrogen-bond donors (Lipinski definition) is 4. The van der Waals surface area contributed by atoms with E-state index in [-0.39, 0.29) is 5.56 Å². The van der Waals surface area contributed by atoms with Crippen LogP contribution in [0.4, 0.5) is 11.6 Å². The molecule has 5 N–H and O–H groups in total. The number of amides is 1. The van der Waals surface area contributed by atoms with Gasteiger partial charge in [0, 0.05) is 62.7 Å². The predicted molar refractivity (Wildman–Crippen MR) is 184 cm³/mol. The number of carbonyl (C=O) groups excluding carboxylic acids is 1. The SMILES string of the molecule is CN(C)CCNc1nc2cc(C(=O)O)ccc2c2sccc12.CN(C)CCNc1nc2cc(C(N)=O)ccc2c2sccc12. The molecule has 0 radical (unpaired) electrons. The third kappa shape index (κ3) is 6.89. The second-order valence-corrected chi connectivity index (χ2v) is 12.7. The Balaban J connectivity index is 0.000000175. The first-order valence-electron chi connectivity index (χ1n) is 14.0. The van der Waals surface area contributed by atoms with Crippen molar-refractivity contribution in [1.82, 2.24) is 19.8 Å². The fourth-order valence-electron chi connectivity index (χ4n) is 4.75. The summed E-state index contributed by atoms with van der Waals surface area (Å²) in [5.41, 5.74) is 7.61. The number of fused-ring (bicyclic) bond motifs is 6. The quantitative estimate of drug-likeness (QED) is 0.152. The topological polar surface area (TPSA) is 137 Å². The molecule has 0 saturated carbocycles. The number of carbonyl (C=O) groups is 2. The zero-order valence-electron chi connectivity index (χ0n) is 25.0. The van der Waals surface area contributed by atoms with Crippen molar-refractivity contribution in [2.45, 2.75) is 0 Å². The Hall–Kier alpha value is -4.36. The number of rotatable bonds is 10. The van der Waals surface area contributed by atoms with E-state index < -0.39 is 11.9 Å². The van der Waals surface area contributed by atoms with Gasteiger partial charge >= 0.3 is 5.97 Å². The van der Waals surface area contributed by atoms with E-state index in [4.69, 9.17) is 10.8 Å². The highest BCUT2D eigenvalue weighted by molar-refractivity contribution is 7.18. The minimum atomic E-state index is -0.933. The van der Waals surface area contributed by atoms with Gasteiger partial charge in [0.1, 0.15) is 11.6 Å². The summed E-state index contributed by atoms with van der Waals surface area (Å²) in [4.78, 5) is 36.0. The van der Waals surface area contributed by atoms with Crippen molar-refractivity contribution < 1.29 is 14.7 Å². The van der Waals surface area contributed by atoms with Crippen molar-refractivity contribution in [2.24, 2.45) is 5.73 Å². The lowest BCUT2D eigenvalue weighted by atomic mass is 10.1. The second-order valence-electron chi connectivity index (χ2n) is 10.8. The van der Waals surface area contributed by atoms with E-state index >= 15 is 0 Å². The first-order valence-corrected chi connectivity index (χ1v) is 15.8. The molecular formula is C32H35N7O3S2. The first-order chi connectivity index (χ1) is 21.1. The fraction of sp³-hybridized carbons (Fsp3) is 0.250. The molecule has 2 aromatic carbocycles. The number of aromatic nitrogens is 2. The summed E-state index contributed by atoms with van der Waals surface area (Å²) in [5.74, 6) is 0.301. The largest absolute Gasteiger partial charge is 0.478 e. The molecule has 44 heavy (non-hydrogen) atoms. The highest BCUT2D eigenvalue weighted by Crippen LogP contribution is 2.35. The summed E-state index contributed by atoms with van der Waals surface area (Å²) in [6.07, 6.45) is 0. The molecule has 0 saturated heterocycles. The summed E-state index contributed by atoms with van der Waals surface area (Å²) in [6.45, 7) is 3.42. The van der Waals surface area contributed by atoms with Gasteiger partial charge in [-0.3, -0.25) is 4.79 Å². The third-order valence-electron chi connectivity index (χ3n) is 7.02. The molecule has 0 bridgehead atoms. The van der Waals surface area contributed by atoms with Gasteiger partial charge in [-0.1, -0.05) is 12.1 Å². The Morgan fingerprint density at radius 3 is 1.61 bits per heavy atom. The molecule has 6 rings (SSSR count). The molecule has 228 valence electrons. The lowest BCUT2D eigenvalue weighted by molar-refractivity contribution is 0.0696. The molecule has 6 aromatic rings. The summed E-state index contributed by atoms with van der Waals surface area (Å²) >= 11 is 3.33. The van der Waals surface area contributed by atoms with Gasteiger partial charge in [-0.05, 0) is 75.3 Å². The van der Waals surface area contributed by atoms with E-state index in [1.807, 2.05) is 45.7 Å². The van der Waals surface area contributed by atoms with E-state index in [1.54, 1.807) is 46.9 Å². The van der Waals surface area contributed by atoms with Gasteiger partial charge in [-0.15, -0.1) is 22.7 Å². The van der Waals surface area contributed by atoms with Gasteiger partial charge in [0.25, 0.3) is 0 Å². The van der Waals surface area contributed by atoms with E-state index in [9.17, 15) is 9.59 Å². The molecule has 0 fully saturated rings. The Morgan fingerprint density at radius 2 is 1.18 bits per heavy atom.